The van der Waals surface area contributed by atoms with Crippen LogP contribution < -0.4 is 0 Å². The van der Waals surface area contributed by atoms with Crippen LogP contribution in [0.3, 0.4) is 0 Å². The van der Waals surface area contributed by atoms with E-state index in [1.165, 1.54) is 24.3 Å². The molecule has 0 amide bonds. The molecule has 2 aliphatic rings. The fourth-order valence-corrected chi connectivity index (χ4v) is 1.91. The van der Waals surface area contributed by atoms with Crippen molar-refractivity contribution >= 4 is 11.8 Å². The summed E-state index contributed by atoms with van der Waals surface area (Å²) in [5.74, 6) is 2.33. The van der Waals surface area contributed by atoms with Crippen molar-refractivity contribution in [1.82, 2.24) is 0 Å². The monoisotopic (exact) mass is 174 g/mol. The van der Waals surface area contributed by atoms with Crippen LogP contribution in [0.1, 0.15) is 19.3 Å². The maximum Gasteiger partial charge on any atom is 0.158 e. The van der Waals surface area contributed by atoms with E-state index in [1.807, 2.05) is 11.8 Å². The van der Waals surface area contributed by atoms with Gasteiger partial charge in [0.25, 0.3) is 0 Å². The Morgan fingerprint density at radius 2 is 2.18 bits per heavy atom. The predicted octanol–water partition coefficient (Wildman–Crippen LogP) is 1.65. The highest BCUT2D eigenvalue weighted by Crippen LogP contribution is 2.24. The molecular formula is C8H14O2S. The minimum Gasteiger partial charge on any atom is -0.353 e. The van der Waals surface area contributed by atoms with Crippen LogP contribution in [0, 0.1) is 0 Å². The molecule has 0 bridgehead atoms. The lowest BCUT2D eigenvalue weighted by Gasteiger charge is -2.31. The Labute approximate surface area is 71.6 Å². The third-order valence-electron chi connectivity index (χ3n) is 2.09. The summed E-state index contributed by atoms with van der Waals surface area (Å²) in [6.45, 7) is 0.893. The molecule has 2 rings (SSSR count). The minimum absolute atomic E-state index is 0.120. The molecule has 2 nitrogen and oxygen atoms in total. The normalized spacial score (nSPS) is 33.3. The summed E-state index contributed by atoms with van der Waals surface area (Å²) < 4.78 is 11.1. The Morgan fingerprint density at radius 3 is 2.73 bits per heavy atom. The van der Waals surface area contributed by atoms with E-state index in [1.54, 1.807) is 0 Å². The molecule has 11 heavy (non-hydrogen) atoms. The first-order valence-electron chi connectivity index (χ1n) is 4.30. The van der Waals surface area contributed by atoms with Gasteiger partial charge in [-0.25, -0.2) is 0 Å². The number of thioether (sulfide) groups is 1. The average Bonchev–Trinajstić information content (AvgIpc) is 1.99. The maximum atomic E-state index is 5.68. The van der Waals surface area contributed by atoms with Crippen molar-refractivity contribution in [2.75, 3.05) is 18.1 Å². The lowest BCUT2D eigenvalue weighted by atomic mass is 10.2. The largest absolute Gasteiger partial charge is 0.353 e. The fraction of sp³-hybridized carbons (Fsp3) is 1.00. The van der Waals surface area contributed by atoms with E-state index < -0.39 is 0 Å². The van der Waals surface area contributed by atoms with E-state index in [0.29, 0.717) is 6.10 Å². The predicted molar refractivity (Wildman–Crippen MR) is 45.8 cm³/mol. The number of rotatable bonds is 2. The van der Waals surface area contributed by atoms with Crippen LogP contribution in [-0.4, -0.2) is 30.5 Å². The first-order valence-corrected chi connectivity index (χ1v) is 5.45. The van der Waals surface area contributed by atoms with Gasteiger partial charge in [0.2, 0.25) is 0 Å². The summed E-state index contributed by atoms with van der Waals surface area (Å²) in [7, 11) is 0. The first kappa shape index (κ1) is 7.90. The zero-order valence-corrected chi connectivity index (χ0v) is 7.44. The quantitative estimate of drug-likeness (QED) is 0.634. The van der Waals surface area contributed by atoms with Crippen molar-refractivity contribution in [2.24, 2.45) is 0 Å². The van der Waals surface area contributed by atoms with Crippen LogP contribution in [0.25, 0.3) is 0 Å². The first-order chi connectivity index (χ1) is 5.45. The van der Waals surface area contributed by atoms with Gasteiger partial charge in [0.1, 0.15) is 0 Å². The van der Waals surface area contributed by atoms with Crippen LogP contribution in [0.4, 0.5) is 0 Å². The van der Waals surface area contributed by atoms with Gasteiger partial charge in [-0.1, -0.05) is 0 Å². The zero-order valence-electron chi connectivity index (χ0n) is 6.62. The van der Waals surface area contributed by atoms with Gasteiger partial charge < -0.3 is 9.47 Å². The van der Waals surface area contributed by atoms with Crippen LogP contribution in [0.15, 0.2) is 0 Å². The summed E-state index contributed by atoms with van der Waals surface area (Å²) in [4.78, 5) is 0. The standard InChI is InChI=1S/C8H14O2S/c1-2-4-9-8(3-1)10-7-5-11-6-7/h7-8H,1-6H2/t8-/m1/s1. The smallest absolute Gasteiger partial charge is 0.158 e. The lowest BCUT2D eigenvalue weighted by molar-refractivity contribution is -0.180. The van der Waals surface area contributed by atoms with Crippen LogP contribution in [-0.2, 0) is 9.47 Å². The molecule has 2 fully saturated rings. The highest BCUT2D eigenvalue weighted by Gasteiger charge is 2.24. The summed E-state index contributed by atoms with van der Waals surface area (Å²) in [6.07, 6.45) is 4.18. The molecule has 0 radical (unpaired) electrons. The van der Waals surface area contributed by atoms with Crippen LogP contribution >= 0.6 is 11.8 Å². The van der Waals surface area contributed by atoms with Gasteiger partial charge in [-0.15, -0.1) is 0 Å². The highest BCUT2D eigenvalue weighted by molar-refractivity contribution is 8.00. The molecular weight excluding hydrogens is 160 g/mol. The molecule has 0 N–H and O–H groups in total. The molecule has 0 aromatic carbocycles. The molecule has 1 atom stereocenters. The average molecular weight is 174 g/mol. The van der Waals surface area contributed by atoms with E-state index in [-0.39, 0.29) is 6.29 Å². The second-order valence-corrected chi connectivity index (χ2v) is 4.17. The Hall–Kier alpha value is 0.270. The zero-order chi connectivity index (χ0) is 7.52. The minimum atomic E-state index is 0.120. The molecule has 0 spiro atoms. The van der Waals surface area contributed by atoms with E-state index in [9.17, 15) is 0 Å². The Kier molecular flexibility index (Phi) is 2.72. The number of ether oxygens (including phenoxy) is 2. The Morgan fingerprint density at radius 1 is 1.27 bits per heavy atom. The fourth-order valence-electron chi connectivity index (χ4n) is 1.33. The van der Waals surface area contributed by atoms with E-state index in [4.69, 9.17) is 9.47 Å². The van der Waals surface area contributed by atoms with Gasteiger partial charge in [0.15, 0.2) is 6.29 Å². The maximum absolute atomic E-state index is 5.68. The van der Waals surface area contributed by atoms with E-state index >= 15 is 0 Å². The van der Waals surface area contributed by atoms with Crippen LogP contribution in [0.5, 0.6) is 0 Å². The molecule has 0 unspecified atom stereocenters. The van der Waals surface area contributed by atoms with Crippen molar-refractivity contribution < 1.29 is 9.47 Å². The molecule has 0 aromatic rings. The Balaban J connectivity index is 1.67. The number of hydrogen-bond donors (Lipinski definition) is 0. The highest BCUT2D eigenvalue weighted by atomic mass is 32.2. The van der Waals surface area contributed by atoms with Gasteiger partial charge in [0.05, 0.1) is 6.10 Å². The molecule has 3 heteroatoms. The molecule has 0 aliphatic carbocycles. The second kappa shape index (κ2) is 3.78. The summed E-state index contributed by atoms with van der Waals surface area (Å²) in [5.41, 5.74) is 0. The lowest BCUT2D eigenvalue weighted by Crippen LogP contribution is -2.35. The van der Waals surface area contributed by atoms with Crippen molar-refractivity contribution in [1.29, 1.82) is 0 Å². The topological polar surface area (TPSA) is 18.5 Å². The van der Waals surface area contributed by atoms with Crippen molar-refractivity contribution in [3.8, 4) is 0 Å². The van der Waals surface area contributed by atoms with Gasteiger partial charge in [0, 0.05) is 18.1 Å². The summed E-state index contributed by atoms with van der Waals surface area (Å²) >= 11 is 1.95. The van der Waals surface area contributed by atoms with E-state index in [2.05, 4.69) is 0 Å². The van der Waals surface area contributed by atoms with Crippen LogP contribution in [0.2, 0.25) is 0 Å². The third-order valence-corrected chi connectivity index (χ3v) is 3.30. The van der Waals surface area contributed by atoms with E-state index in [0.717, 1.165) is 13.0 Å². The second-order valence-electron chi connectivity index (χ2n) is 3.09. The molecule has 2 saturated heterocycles. The molecule has 0 aromatic heterocycles. The van der Waals surface area contributed by atoms with Crippen molar-refractivity contribution in [2.45, 2.75) is 31.7 Å². The van der Waals surface area contributed by atoms with Gasteiger partial charge in [-0.3, -0.25) is 0 Å². The van der Waals surface area contributed by atoms with Gasteiger partial charge in [-0.05, 0) is 19.3 Å². The SMILES string of the molecule is C1CC[C@@H](OC2CSC2)OC1. The third kappa shape index (κ3) is 2.10. The number of hydrogen-bond acceptors (Lipinski definition) is 3. The molecule has 2 aliphatic heterocycles. The van der Waals surface area contributed by atoms with Crippen molar-refractivity contribution in [3.63, 3.8) is 0 Å². The molecule has 2 heterocycles. The van der Waals surface area contributed by atoms with Crippen molar-refractivity contribution in [3.05, 3.63) is 0 Å². The summed E-state index contributed by atoms with van der Waals surface area (Å²) in [6, 6.07) is 0. The van der Waals surface area contributed by atoms with Gasteiger partial charge >= 0.3 is 0 Å². The summed E-state index contributed by atoms with van der Waals surface area (Å²) in [5, 5.41) is 0. The van der Waals surface area contributed by atoms with Gasteiger partial charge in [-0.2, -0.15) is 11.8 Å². The molecule has 64 valence electrons. The Bertz CT molecular complexity index is 119. The molecule has 0 saturated carbocycles.